The molecule has 1 nitrogen and oxygen atoms in total. The molecule has 0 bridgehead atoms. The Labute approximate surface area is 93.0 Å². The van der Waals surface area contributed by atoms with Crippen molar-refractivity contribution in [3.05, 3.63) is 12.7 Å². The lowest BCUT2D eigenvalue weighted by atomic mass is 9.74. The van der Waals surface area contributed by atoms with Crippen LogP contribution in [0.5, 0.6) is 0 Å². The first-order valence-corrected chi connectivity index (χ1v) is 6.05. The summed E-state index contributed by atoms with van der Waals surface area (Å²) in [5.41, 5.74) is 0.302. The molecule has 1 saturated heterocycles. The Kier molecular flexibility index (Phi) is 4.59. The number of hydrogen-bond acceptors (Lipinski definition) is 1. The number of hydrogen-bond donors (Lipinski definition) is 1. The molecule has 0 aromatic rings. The Morgan fingerprint density at radius 1 is 1.64 bits per heavy atom. The van der Waals surface area contributed by atoms with Crippen molar-refractivity contribution in [1.82, 2.24) is 5.32 Å². The van der Waals surface area contributed by atoms with Crippen molar-refractivity contribution in [2.45, 2.75) is 45.4 Å². The average molecular weight is 211 g/mol. The summed E-state index contributed by atoms with van der Waals surface area (Å²) >= 11 is 5.45. The molecule has 0 saturated carbocycles. The molecule has 1 aliphatic rings. The van der Waals surface area contributed by atoms with Crippen LogP contribution in [0.25, 0.3) is 0 Å². The largest absolute Gasteiger partial charge is 0.379 e. The summed E-state index contributed by atoms with van der Waals surface area (Å²) in [6.45, 7) is 7.09. The van der Waals surface area contributed by atoms with Gasteiger partial charge in [-0.05, 0) is 38.5 Å². The monoisotopic (exact) mass is 211 g/mol. The Morgan fingerprint density at radius 3 is 3.00 bits per heavy atom. The molecular formula is C12H21NS. The number of nitrogens with one attached hydrogen (secondary N) is 1. The van der Waals surface area contributed by atoms with Gasteiger partial charge >= 0.3 is 0 Å². The van der Waals surface area contributed by atoms with Gasteiger partial charge in [0.2, 0.25) is 0 Å². The van der Waals surface area contributed by atoms with Gasteiger partial charge in [0.05, 0.1) is 4.99 Å². The van der Waals surface area contributed by atoms with E-state index in [1.165, 1.54) is 32.1 Å². The predicted octanol–water partition coefficient (Wildman–Crippen LogP) is 3.45. The van der Waals surface area contributed by atoms with Crippen molar-refractivity contribution >= 4 is 17.2 Å². The molecule has 0 amide bonds. The minimum Gasteiger partial charge on any atom is -0.379 e. The summed E-state index contributed by atoms with van der Waals surface area (Å²) in [5, 5.41) is 3.36. The van der Waals surface area contributed by atoms with Crippen LogP contribution >= 0.6 is 12.2 Å². The lowest BCUT2D eigenvalue weighted by Crippen LogP contribution is -2.44. The van der Waals surface area contributed by atoms with Crippen molar-refractivity contribution in [1.29, 1.82) is 0 Å². The third-order valence-corrected chi connectivity index (χ3v) is 3.92. The molecule has 1 aliphatic heterocycles. The number of rotatable bonds is 5. The summed E-state index contributed by atoms with van der Waals surface area (Å²) in [7, 11) is 0. The molecule has 0 radical (unpaired) electrons. The van der Waals surface area contributed by atoms with Crippen molar-refractivity contribution in [3.63, 3.8) is 0 Å². The average Bonchev–Trinajstić information content (AvgIpc) is 2.21. The molecule has 1 N–H and O–H groups in total. The van der Waals surface area contributed by atoms with Crippen LogP contribution in [0.1, 0.15) is 45.4 Å². The topological polar surface area (TPSA) is 12.0 Å². The molecule has 0 aromatic carbocycles. The highest BCUT2D eigenvalue weighted by Gasteiger charge is 2.34. The molecular weight excluding hydrogens is 190 g/mol. The van der Waals surface area contributed by atoms with Gasteiger partial charge < -0.3 is 5.32 Å². The van der Waals surface area contributed by atoms with Gasteiger partial charge in [0.15, 0.2) is 0 Å². The lowest BCUT2D eigenvalue weighted by Gasteiger charge is -2.38. The van der Waals surface area contributed by atoms with E-state index in [0.29, 0.717) is 5.41 Å². The lowest BCUT2D eigenvalue weighted by molar-refractivity contribution is 0.303. The summed E-state index contributed by atoms with van der Waals surface area (Å²) in [4.78, 5) is 1.11. The van der Waals surface area contributed by atoms with Crippen LogP contribution < -0.4 is 5.32 Å². The molecule has 1 fully saturated rings. The van der Waals surface area contributed by atoms with Crippen molar-refractivity contribution in [3.8, 4) is 0 Å². The van der Waals surface area contributed by atoms with Crippen LogP contribution in [0.15, 0.2) is 12.7 Å². The Bertz CT molecular complexity index is 212. The van der Waals surface area contributed by atoms with Crippen molar-refractivity contribution < 1.29 is 0 Å². The van der Waals surface area contributed by atoms with E-state index in [9.17, 15) is 0 Å². The molecule has 0 spiro atoms. The van der Waals surface area contributed by atoms with Gasteiger partial charge in [-0.2, -0.15) is 0 Å². The second-order valence-corrected chi connectivity index (χ2v) is 4.58. The minimum absolute atomic E-state index is 0.302. The van der Waals surface area contributed by atoms with Crippen molar-refractivity contribution in [2.24, 2.45) is 5.41 Å². The number of unbranched alkanes of at least 4 members (excludes halogenated alkanes) is 1. The van der Waals surface area contributed by atoms with Gasteiger partial charge in [-0.3, -0.25) is 0 Å². The second kappa shape index (κ2) is 5.50. The zero-order valence-electron chi connectivity index (χ0n) is 9.14. The maximum atomic E-state index is 5.45. The highest BCUT2D eigenvalue weighted by atomic mass is 32.1. The Hall–Kier alpha value is -0.370. The van der Waals surface area contributed by atoms with Crippen LogP contribution in [0.4, 0.5) is 0 Å². The molecule has 1 unspecified atom stereocenters. The van der Waals surface area contributed by atoms with E-state index >= 15 is 0 Å². The highest BCUT2D eigenvalue weighted by molar-refractivity contribution is 7.80. The van der Waals surface area contributed by atoms with Crippen LogP contribution in [0, 0.1) is 5.41 Å². The molecule has 14 heavy (non-hydrogen) atoms. The fraction of sp³-hybridized carbons (Fsp3) is 0.750. The quantitative estimate of drug-likeness (QED) is 0.425. The van der Waals surface area contributed by atoms with E-state index < -0.39 is 0 Å². The first kappa shape index (κ1) is 11.7. The molecule has 0 aromatic heterocycles. The molecule has 1 atom stereocenters. The summed E-state index contributed by atoms with van der Waals surface area (Å²) < 4.78 is 0. The third-order valence-electron chi connectivity index (χ3n) is 3.34. The van der Waals surface area contributed by atoms with E-state index in [0.717, 1.165) is 18.0 Å². The maximum absolute atomic E-state index is 5.45. The van der Waals surface area contributed by atoms with Crippen LogP contribution in [0.3, 0.4) is 0 Å². The summed E-state index contributed by atoms with van der Waals surface area (Å²) in [5.74, 6) is 0. The highest BCUT2D eigenvalue weighted by Crippen LogP contribution is 2.37. The van der Waals surface area contributed by atoms with Gasteiger partial charge in [-0.25, -0.2) is 0 Å². The number of piperidine rings is 1. The first-order valence-electron chi connectivity index (χ1n) is 5.64. The van der Waals surface area contributed by atoms with E-state index in [2.05, 4.69) is 18.8 Å². The fourth-order valence-corrected chi connectivity index (χ4v) is 2.72. The normalized spacial score (nSPS) is 27.1. The molecule has 0 aliphatic carbocycles. The molecule has 1 heterocycles. The first-order chi connectivity index (χ1) is 6.75. The number of thiocarbonyl (C=S) groups is 1. The SMILES string of the molecule is C=CCCCC1(CC)CCCNC1=S. The van der Waals surface area contributed by atoms with Crippen molar-refractivity contribution in [2.75, 3.05) is 6.54 Å². The summed E-state index contributed by atoms with van der Waals surface area (Å²) in [6, 6.07) is 0. The minimum atomic E-state index is 0.302. The van der Waals surface area contributed by atoms with Gasteiger partial charge in [-0.15, -0.1) is 6.58 Å². The smallest absolute Gasteiger partial charge is 0.0815 e. The third kappa shape index (κ3) is 2.57. The Balaban J connectivity index is 2.53. The van der Waals surface area contributed by atoms with Gasteiger partial charge in [0.1, 0.15) is 0 Å². The van der Waals surface area contributed by atoms with Gasteiger partial charge in [0.25, 0.3) is 0 Å². The molecule has 1 rings (SSSR count). The van der Waals surface area contributed by atoms with Gasteiger partial charge in [0, 0.05) is 12.0 Å². The second-order valence-electron chi connectivity index (χ2n) is 4.17. The van der Waals surface area contributed by atoms with Crippen LogP contribution in [-0.2, 0) is 0 Å². The maximum Gasteiger partial charge on any atom is 0.0815 e. The van der Waals surface area contributed by atoms with E-state index in [-0.39, 0.29) is 0 Å². The molecule has 80 valence electrons. The van der Waals surface area contributed by atoms with Crippen LogP contribution in [-0.4, -0.2) is 11.5 Å². The zero-order valence-corrected chi connectivity index (χ0v) is 9.96. The fourth-order valence-electron chi connectivity index (χ4n) is 2.27. The van der Waals surface area contributed by atoms with E-state index in [1.807, 2.05) is 6.08 Å². The summed E-state index contributed by atoms with van der Waals surface area (Å²) in [6.07, 6.45) is 9.28. The predicted molar refractivity (Wildman–Crippen MR) is 66.6 cm³/mol. The number of allylic oxidation sites excluding steroid dienone is 1. The zero-order chi connectivity index (χ0) is 10.4. The van der Waals surface area contributed by atoms with E-state index in [1.54, 1.807) is 0 Å². The van der Waals surface area contributed by atoms with E-state index in [4.69, 9.17) is 12.2 Å². The Morgan fingerprint density at radius 2 is 2.43 bits per heavy atom. The van der Waals surface area contributed by atoms with Crippen LogP contribution in [0.2, 0.25) is 0 Å². The molecule has 2 heteroatoms. The van der Waals surface area contributed by atoms with Gasteiger partial charge in [-0.1, -0.05) is 25.2 Å². The standard InChI is InChI=1S/C12H21NS/c1-3-5-6-8-12(4-2)9-7-10-13-11(12)14/h3H,1,4-10H2,2H3,(H,13,14).